The molecule has 2 unspecified atom stereocenters. The number of hydrogen-bond acceptors (Lipinski definition) is 3. The van der Waals surface area contributed by atoms with E-state index in [4.69, 9.17) is 10.4 Å². The maximum atomic E-state index is 12.7. The average molecular weight is 236 g/mol. The molecule has 1 aliphatic heterocycles. The molecular weight excluding hydrogens is 225 g/mol. The largest absolute Gasteiger partial charge is 0.481 e. The van der Waals surface area contributed by atoms with Crippen molar-refractivity contribution in [3.63, 3.8) is 0 Å². The van der Waals surface area contributed by atoms with Crippen LogP contribution in [0.4, 0.5) is 13.2 Å². The summed E-state index contributed by atoms with van der Waals surface area (Å²) in [4.78, 5) is 12.0. The number of likely N-dealkylation sites (tertiary alicyclic amines) is 1. The van der Waals surface area contributed by atoms with E-state index in [2.05, 4.69) is 0 Å². The van der Waals surface area contributed by atoms with Gasteiger partial charge in [0, 0.05) is 13.1 Å². The second kappa shape index (κ2) is 3.94. The van der Waals surface area contributed by atoms with E-state index >= 15 is 0 Å². The number of nitrogens with zero attached hydrogens (tertiary/aromatic N) is 2. The Labute approximate surface area is 90.3 Å². The Morgan fingerprint density at radius 2 is 2.19 bits per heavy atom. The van der Waals surface area contributed by atoms with Gasteiger partial charge in [-0.25, -0.2) is 0 Å². The number of nitriles is 1. The van der Waals surface area contributed by atoms with Crippen LogP contribution in [0, 0.1) is 16.7 Å². The Kier molecular flexibility index (Phi) is 3.15. The molecule has 2 atom stereocenters. The molecule has 1 N–H and O–H groups in total. The van der Waals surface area contributed by atoms with Crippen molar-refractivity contribution in [3.8, 4) is 6.07 Å². The third kappa shape index (κ3) is 1.85. The molecule has 0 saturated carbocycles. The maximum Gasteiger partial charge on any atom is 0.406 e. The van der Waals surface area contributed by atoms with Crippen LogP contribution in [0.15, 0.2) is 0 Å². The Balaban J connectivity index is 2.95. The van der Waals surface area contributed by atoms with Crippen LogP contribution in [-0.4, -0.2) is 41.3 Å². The molecule has 0 aliphatic carbocycles. The summed E-state index contributed by atoms with van der Waals surface area (Å²) in [7, 11) is 0. The molecule has 0 bridgehead atoms. The Bertz CT molecular complexity index is 337. The smallest absolute Gasteiger partial charge is 0.406 e. The molecule has 0 amide bonds. The van der Waals surface area contributed by atoms with E-state index < -0.39 is 36.6 Å². The normalized spacial score (nSPS) is 28.7. The van der Waals surface area contributed by atoms with Crippen molar-refractivity contribution in [1.29, 1.82) is 5.26 Å². The van der Waals surface area contributed by atoms with Crippen LogP contribution < -0.4 is 0 Å². The van der Waals surface area contributed by atoms with Gasteiger partial charge in [-0.15, -0.1) is 0 Å². The quantitative estimate of drug-likeness (QED) is 0.783. The molecule has 0 radical (unpaired) electrons. The van der Waals surface area contributed by atoms with Crippen molar-refractivity contribution in [3.05, 3.63) is 0 Å². The standard InChI is InChI=1S/C9H11F3N2O2/c1-6(4-13)14-3-2-8(5-14,7(15)16)9(10,11)12/h6H,2-3,5H2,1H3,(H,15,16). The number of carbonyl (C=O) groups is 1. The van der Waals surface area contributed by atoms with Gasteiger partial charge in [0.15, 0.2) is 5.41 Å². The van der Waals surface area contributed by atoms with Gasteiger partial charge < -0.3 is 5.11 Å². The third-order valence-electron chi connectivity index (χ3n) is 2.99. The SMILES string of the molecule is CC(C#N)N1CCC(C(=O)O)(C(F)(F)F)C1. The zero-order valence-electron chi connectivity index (χ0n) is 8.58. The molecule has 1 fully saturated rings. The van der Waals surface area contributed by atoms with Crippen molar-refractivity contribution >= 4 is 5.97 Å². The van der Waals surface area contributed by atoms with Gasteiger partial charge in [-0.2, -0.15) is 18.4 Å². The van der Waals surface area contributed by atoms with Crippen molar-refractivity contribution in [1.82, 2.24) is 4.90 Å². The summed E-state index contributed by atoms with van der Waals surface area (Å²) in [5.41, 5.74) is -2.72. The molecule has 0 aromatic carbocycles. The van der Waals surface area contributed by atoms with Gasteiger partial charge in [-0.05, 0) is 13.3 Å². The highest BCUT2D eigenvalue weighted by Crippen LogP contribution is 2.46. The highest BCUT2D eigenvalue weighted by Gasteiger charge is 2.63. The molecular formula is C9H11F3N2O2. The van der Waals surface area contributed by atoms with Gasteiger partial charge in [0.1, 0.15) is 0 Å². The summed E-state index contributed by atoms with van der Waals surface area (Å²) in [6, 6.07) is 1.10. The predicted molar refractivity (Wildman–Crippen MR) is 47.4 cm³/mol. The van der Waals surface area contributed by atoms with E-state index in [1.54, 1.807) is 6.07 Å². The first-order chi connectivity index (χ1) is 7.24. The first-order valence-electron chi connectivity index (χ1n) is 4.68. The van der Waals surface area contributed by atoms with Crippen molar-refractivity contribution in [2.24, 2.45) is 5.41 Å². The summed E-state index contributed by atoms with van der Waals surface area (Å²) in [6.45, 7) is 0.773. The summed E-state index contributed by atoms with van der Waals surface area (Å²) < 4.78 is 38.2. The van der Waals surface area contributed by atoms with Gasteiger partial charge in [0.05, 0.1) is 12.1 Å². The highest BCUT2D eigenvalue weighted by atomic mass is 19.4. The highest BCUT2D eigenvalue weighted by molar-refractivity contribution is 5.76. The molecule has 16 heavy (non-hydrogen) atoms. The van der Waals surface area contributed by atoms with Crippen LogP contribution in [0.5, 0.6) is 0 Å². The summed E-state index contributed by atoms with van der Waals surface area (Å²) >= 11 is 0. The number of alkyl halides is 3. The monoisotopic (exact) mass is 236 g/mol. The molecule has 1 rings (SSSR count). The fourth-order valence-corrected chi connectivity index (χ4v) is 1.78. The predicted octanol–water partition coefficient (Wildman–Crippen LogP) is 1.24. The van der Waals surface area contributed by atoms with Crippen molar-refractivity contribution in [2.45, 2.75) is 25.6 Å². The summed E-state index contributed by atoms with van der Waals surface area (Å²) in [5, 5.41) is 17.3. The zero-order valence-corrected chi connectivity index (χ0v) is 8.58. The van der Waals surface area contributed by atoms with Crippen LogP contribution in [0.1, 0.15) is 13.3 Å². The van der Waals surface area contributed by atoms with Crippen LogP contribution >= 0.6 is 0 Å². The molecule has 0 spiro atoms. The number of carboxylic acids is 1. The van der Waals surface area contributed by atoms with Crippen LogP contribution in [0.3, 0.4) is 0 Å². The van der Waals surface area contributed by atoms with E-state index in [1.165, 1.54) is 11.8 Å². The van der Waals surface area contributed by atoms with Gasteiger partial charge >= 0.3 is 12.1 Å². The number of hydrogen-bond donors (Lipinski definition) is 1. The zero-order chi connectivity index (χ0) is 12.6. The molecule has 0 aromatic rings. The lowest BCUT2D eigenvalue weighted by atomic mass is 9.86. The molecule has 0 aromatic heterocycles. The third-order valence-corrected chi connectivity index (χ3v) is 2.99. The van der Waals surface area contributed by atoms with E-state index in [9.17, 15) is 18.0 Å². The first-order valence-corrected chi connectivity index (χ1v) is 4.68. The molecule has 1 aliphatic rings. The minimum absolute atomic E-state index is 0.0272. The van der Waals surface area contributed by atoms with E-state index in [-0.39, 0.29) is 6.54 Å². The molecule has 1 heterocycles. The first kappa shape index (κ1) is 12.8. The minimum Gasteiger partial charge on any atom is -0.481 e. The average Bonchev–Trinajstić information content (AvgIpc) is 2.61. The number of aliphatic carboxylic acids is 1. The lowest BCUT2D eigenvalue weighted by Crippen LogP contribution is -2.47. The molecule has 90 valence electrons. The molecule has 7 heteroatoms. The van der Waals surface area contributed by atoms with Gasteiger partial charge in [-0.1, -0.05) is 0 Å². The van der Waals surface area contributed by atoms with Crippen LogP contribution in [-0.2, 0) is 4.79 Å². The number of rotatable bonds is 2. The van der Waals surface area contributed by atoms with Crippen molar-refractivity contribution < 1.29 is 23.1 Å². The van der Waals surface area contributed by atoms with Crippen molar-refractivity contribution in [2.75, 3.05) is 13.1 Å². The Morgan fingerprint density at radius 1 is 1.62 bits per heavy atom. The number of carboxylic acid groups (broad SMARTS) is 1. The second-order valence-electron chi connectivity index (χ2n) is 3.91. The van der Waals surface area contributed by atoms with E-state index in [0.717, 1.165) is 0 Å². The van der Waals surface area contributed by atoms with Gasteiger partial charge in [0.25, 0.3) is 0 Å². The number of halogens is 3. The summed E-state index contributed by atoms with van der Waals surface area (Å²) in [6.07, 6.45) is -5.29. The topological polar surface area (TPSA) is 64.3 Å². The van der Waals surface area contributed by atoms with Crippen LogP contribution in [0.2, 0.25) is 0 Å². The Morgan fingerprint density at radius 3 is 2.50 bits per heavy atom. The van der Waals surface area contributed by atoms with Gasteiger partial charge in [0.2, 0.25) is 0 Å². The maximum absolute atomic E-state index is 12.7. The van der Waals surface area contributed by atoms with Crippen LogP contribution in [0.25, 0.3) is 0 Å². The van der Waals surface area contributed by atoms with Gasteiger partial charge in [-0.3, -0.25) is 9.69 Å². The second-order valence-corrected chi connectivity index (χ2v) is 3.91. The lowest BCUT2D eigenvalue weighted by molar-refractivity contribution is -0.227. The Hall–Kier alpha value is -1.29. The fraction of sp³-hybridized carbons (Fsp3) is 0.778. The minimum atomic E-state index is -4.79. The van der Waals surface area contributed by atoms with E-state index in [0.29, 0.717) is 0 Å². The summed E-state index contributed by atoms with van der Waals surface area (Å²) in [5.74, 6) is -1.87. The molecule has 4 nitrogen and oxygen atoms in total. The lowest BCUT2D eigenvalue weighted by Gasteiger charge is -2.27. The fourth-order valence-electron chi connectivity index (χ4n) is 1.78. The molecule has 1 saturated heterocycles. The van der Waals surface area contributed by atoms with E-state index in [1.807, 2.05) is 0 Å².